The van der Waals surface area contributed by atoms with Gasteiger partial charge in [0.2, 0.25) is 0 Å². The van der Waals surface area contributed by atoms with Crippen LogP contribution in [0.5, 0.6) is 0 Å². The summed E-state index contributed by atoms with van der Waals surface area (Å²) in [7, 11) is 0. The fourth-order valence-corrected chi connectivity index (χ4v) is 2.69. The Labute approximate surface area is 153 Å². The number of benzene rings is 2. The Hall–Kier alpha value is -2.54. The van der Waals surface area contributed by atoms with Crippen molar-refractivity contribution in [2.45, 2.75) is 34.1 Å². The minimum atomic E-state index is 0.685. The number of rotatable bonds is 4. The van der Waals surface area contributed by atoms with E-state index in [2.05, 4.69) is 98.8 Å². The van der Waals surface area contributed by atoms with Crippen LogP contribution in [-0.2, 0) is 6.42 Å². The molecule has 0 saturated carbocycles. The molecule has 0 unspecified atom stereocenters. The first-order valence-corrected chi connectivity index (χ1v) is 9.05. The predicted octanol–water partition coefficient (Wildman–Crippen LogP) is 7.38. The maximum atomic E-state index is 3.41. The van der Waals surface area contributed by atoms with Gasteiger partial charge in [-0.05, 0) is 46.7 Å². The van der Waals surface area contributed by atoms with Gasteiger partial charge in [0.05, 0.1) is 0 Å². The largest absolute Gasteiger partial charge is 0.361 e. The van der Waals surface area contributed by atoms with Crippen molar-refractivity contribution in [1.29, 1.82) is 0 Å². The van der Waals surface area contributed by atoms with E-state index in [1.807, 2.05) is 13.8 Å². The van der Waals surface area contributed by atoms with Gasteiger partial charge in [0, 0.05) is 11.9 Å². The third-order valence-electron chi connectivity index (χ3n) is 3.67. The van der Waals surface area contributed by atoms with Crippen molar-refractivity contribution in [3.8, 4) is 22.4 Å². The summed E-state index contributed by atoms with van der Waals surface area (Å²) in [5.74, 6) is 0.685. The van der Waals surface area contributed by atoms with Crippen LogP contribution in [-0.4, -0.2) is 4.98 Å². The van der Waals surface area contributed by atoms with Crippen molar-refractivity contribution in [3.63, 3.8) is 0 Å². The second kappa shape index (κ2) is 11.1. The molecule has 0 aliphatic carbocycles. The number of hydrogen-bond acceptors (Lipinski definition) is 0. The molecule has 0 aliphatic rings. The maximum absolute atomic E-state index is 3.41. The Balaban J connectivity index is 0.000000730. The van der Waals surface area contributed by atoms with E-state index >= 15 is 0 Å². The monoisotopic (exact) mass is 333 g/mol. The summed E-state index contributed by atoms with van der Waals surface area (Å²) >= 11 is 0. The molecule has 0 aliphatic heterocycles. The van der Waals surface area contributed by atoms with E-state index in [1.165, 1.54) is 27.9 Å². The molecule has 1 heteroatoms. The van der Waals surface area contributed by atoms with Gasteiger partial charge >= 0.3 is 0 Å². The van der Waals surface area contributed by atoms with E-state index in [1.54, 1.807) is 0 Å². The minimum Gasteiger partial charge on any atom is -0.361 e. The van der Waals surface area contributed by atoms with Crippen LogP contribution < -0.4 is 0 Å². The van der Waals surface area contributed by atoms with Crippen molar-refractivity contribution in [1.82, 2.24) is 4.98 Å². The molecule has 3 rings (SSSR count). The number of H-pyrrole nitrogens is 1. The second-order valence-electron chi connectivity index (χ2n) is 5.97. The molecule has 1 nitrogen and oxygen atoms in total. The SMILES string of the molecule is C=C.CC.CC(C)Cc1c[nH]c(-c2cccc(-c3ccccc3)c2)c1. The molecule has 0 spiro atoms. The van der Waals surface area contributed by atoms with Crippen LogP contribution in [0.4, 0.5) is 0 Å². The number of aromatic nitrogens is 1. The topological polar surface area (TPSA) is 15.8 Å². The van der Waals surface area contributed by atoms with E-state index in [0.717, 1.165) is 6.42 Å². The van der Waals surface area contributed by atoms with Crippen LogP contribution in [0.25, 0.3) is 22.4 Å². The van der Waals surface area contributed by atoms with Crippen molar-refractivity contribution in [2.75, 3.05) is 0 Å². The van der Waals surface area contributed by atoms with Gasteiger partial charge in [-0.15, -0.1) is 13.2 Å². The molecular formula is C24H31N. The molecule has 0 saturated heterocycles. The van der Waals surface area contributed by atoms with Gasteiger partial charge in [0.15, 0.2) is 0 Å². The van der Waals surface area contributed by atoms with Crippen LogP contribution in [0.15, 0.2) is 80.0 Å². The highest BCUT2D eigenvalue weighted by molar-refractivity contribution is 5.71. The average molecular weight is 334 g/mol. The summed E-state index contributed by atoms with van der Waals surface area (Å²) in [5.41, 5.74) is 6.33. The van der Waals surface area contributed by atoms with Crippen LogP contribution in [0.1, 0.15) is 33.3 Å². The summed E-state index contributed by atoms with van der Waals surface area (Å²) in [4.78, 5) is 3.41. The van der Waals surface area contributed by atoms with Gasteiger partial charge in [0.25, 0.3) is 0 Å². The van der Waals surface area contributed by atoms with E-state index in [4.69, 9.17) is 0 Å². The third kappa shape index (κ3) is 6.11. The quantitative estimate of drug-likeness (QED) is 0.479. The molecule has 0 amide bonds. The Bertz CT molecular complexity index is 723. The fraction of sp³-hybridized carbons (Fsp3) is 0.250. The summed E-state index contributed by atoms with van der Waals surface area (Å²) in [6.07, 6.45) is 3.25. The standard InChI is InChI=1S/C20H21N.C2H6.C2H4/c1-15(2)11-16-12-20(21-14-16)19-10-6-9-18(13-19)17-7-4-3-5-8-17;2*1-2/h3-10,12-15,21H,11H2,1-2H3;1-2H3;1-2H2. The minimum absolute atomic E-state index is 0.685. The van der Waals surface area contributed by atoms with Gasteiger partial charge in [-0.2, -0.15) is 0 Å². The molecule has 1 aromatic heterocycles. The molecular weight excluding hydrogens is 302 g/mol. The van der Waals surface area contributed by atoms with Crippen LogP contribution in [0.3, 0.4) is 0 Å². The summed E-state index contributed by atoms with van der Waals surface area (Å²) in [6.45, 7) is 14.5. The Morgan fingerprint density at radius 2 is 1.40 bits per heavy atom. The fourth-order valence-electron chi connectivity index (χ4n) is 2.69. The molecule has 0 fully saturated rings. The average Bonchev–Trinajstić information content (AvgIpc) is 3.14. The Morgan fingerprint density at radius 1 is 0.800 bits per heavy atom. The second-order valence-corrected chi connectivity index (χ2v) is 5.97. The zero-order valence-corrected chi connectivity index (χ0v) is 16.0. The molecule has 0 bridgehead atoms. The zero-order chi connectivity index (χ0) is 18.7. The number of nitrogens with one attached hydrogen (secondary N) is 1. The highest BCUT2D eigenvalue weighted by Crippen LogP contribution is 2.26. The van der Waals surface area contributed by atoms with Gasteiger partial charge in [0.1, 0.15) is 0 Å². The molecule has 3 aromatic rings. The van der Waals surface area contributed by atoms with Crippen LogP contribution in [0, 0.1) is 5.92 Å². The van der Waals surface area contributed by atoms with Gasteiger partial charge < -0.3 is 4.98 Å². The van der Waals surface area contributed by atoms with Crippen molar-refractivity contribution in [2.24, 2.45) is 5.92 Å². The van der Waals surface area contributed by atoms with Gasteiger partial charge in [-0.3, -0.25) is 0 Å². The molecule has 1 heterocycles. The van der Waals surface area contributed by atoms with E-state index in [0.29, 0.717) is 5.92 Å². The first-order valence-electron chi connectivity index (χ1n) is 9.05. The summed E-state index contributed by atoms with van der Waals surface area (Å²) < 4.78 is 0. The van der Waals surface area contributed by atoms with Gasteiger partial charge in [-0.1, -0.05) is 76.2 Å². The lowest BCUT2D eigenvalue weighted by Gasteiger charge is -2.04. The lowest BCUT2D eigenvalue weighted by molar-refractivity contribution is 0.648. The lowest BCUT2D eigenvalue weighted by Crippen LogP contribution is -1.90. The molecule has 0 radical (unpaired) electrons. The van der Waals surface area contributed by atoms with Crippen molar-refractivity contribution >= 4 is 0 Å². The molecule has 0 atom stereocenters. The molecule has 132 valence electrons. The third-order valence-corrected chi connectivity index (χ3v) is 3.67. The maximum Gasteiger partial charge on any atom is 0.0456 e. The van der Waals surface area contributed by atoms with Crippen molar-refractivity contribution in [3.05, 3.63) is 85.6 Å². The highest BCUT2D eigenvalue weighted by atomic mass is 14.7. The number of aromatic amines is 1. The smallest absolute Gasteiger partial charge is 0.0456 e. The first-order chi connectivity index (χ1) is 12.2. The Morgan fingerprint density at radius 3 is 2.04 bits per heavy atom. The summed E-state index contributed by atoms with van der Waals surface area (Å²) in [5, 5.41) is 0. The van der Waals surface area contributed by atoms with Gasteiger partial charge in [-0.25, -0.2) is 0 Å². The molecule has 2 aromatic carbocycles. The van der Waals surface area contributed by atoms with Crippen LogP contribution in [0.2, 0.25) is 0 Å². The lowest BCUT2D eigenvalue weighted by atomic mass is 10.0. The normalized spacial score (nSPS) is 9.64. The molecule has 1 N–H and O–H groups in total. The Kier molecular flexibility index (Phi) is 9.10. The van der Waals surface area contributed by atoms with Crippen LogP contribution >= 0.6 is 0 Å². The molecule has 25 heavy (non-hydrogen) atoms. The van der Waals surface area contributed by atoms with E-state index in [9.17, 15) is 0 Å². The van der Waals surface area contributed by atoms with E-state index in [-0.39, 0.29) is 0 Å². The highest BCUT2D eigenvalue weighted by Gasteiger charge is 2.05. The zero-order valence-electron chi connectivity index (χ0n) is 16.0. The predicted molar refractivity (Wildman–Crippen MR) is 113 cm³/mol. The summed E-state index contributed by atoms with van der Waals surface area (Å²) in [6, 6.07) is 21.5. The number of hydrogen-bond donors (Lipinski definition) is 1. The first kappa shape index (κ1) is 20.5. The van der Waals surface area contributed by atoms with Crippen molar-refractivity contribution < 1.29 is 0 Å². The van der Waals surface area contributed by atoms with E-state index < -0.39 is 0 Å².